The van der Waals surface area contributed by atoms with Crippen LogP contribution < -0.4 is 10.6 Å². The van der Waals surface area contributed by atoms with Crippen LogP contribution in [-0.4, -0.2) is 28.0 Å². The second-order valence-corrected chi connectivity index (χ2v) is 8.43. The highest BCUT2D eigenvalue weighted by molar-refractivity contribution is 9.10. The number of carbonyl (C=O) groups excluding carboxylic acids is 1. The number of esters is 1. The van der Waals surface area contributed by atoms with Crippen molar-refractivity contribution in [3.63, 3.8) is 0 Å². The first-order chi connectivity index (χ1) is 13.9. The van der Waals surface area contributed by atoms with Crippen LogP contribution in [0.3, 0.4) is 0 Å². The fraction of sp³-hybridized carbons (Fsp3) is 0.211. The second-order valence-electron chi connectivity index (χ2n) is 6.03. The molecule has 2 aromatic heterocycles. The van der Waals surface area contributed by atoms with E-state index in [1.807, 2.05) is 6.92 Å². The van der Waals surface area contributed by atoms with Crippen molar-refractivity contribution >= 4 is 61.4 Å². The van der Waals surface area contributed by atoms with E-state index in [1.165, 1.54) is 30.6 Å². The molecule has 2 N–H and O–H groups in total. The van der Waals surface area contributed by atoms with E-state index in [0.717, 1.165) is 21.3 Å². The summed E-state index contributed by atoms with van der Waals surface area (Å²) >= 11 is 10.3. The molecule has 0 radical (unpaired) electrons. The summed E-state index contributed by atoms with van der Waals surface area (Å²) in [4.78, 5) is 13.0. The van der Waals surface area contributed by atoms with Crippen molar-refractivity contribution in [1.29, 1.82) is 0 Å². The number of thiocarbonyl (C=S) groups is 1. The fourth-order valence-corrected chi connectivity index (χ4v) is 4.22. The van der Waals surface area contributed by atoms with Crippen LogP contribution in [-0.2, 0) is 17.7 Å². The minimum absolute atomic E-state index is 0.277. The third kappa shape index (κ3) is 5.40. The number of halogens is 2. The van der Waals surface area contributed by atoms with Crippen LogP contribution in [0.25, 0.3) is 0 Å². The fourth-order valence-electron chi connectivity index (χ4n) is 2.55. The lowest BCUT2D eigenvalue weighted by atomic mass is 10.2. The Balaban J connectivity index is 1.70. The summed E-state index contributed by atoms with van der Waals surface area (Å²) in [5, 5.41) is 11.4. The molecule has 0 amide bonds. The highest BCUT2D eigenvalue weighted by Crippen LogP contribution is 2.30. The Morgan fingerprint density at radius 3 is 2.72 bits per heavy atom. The van der Waals surface area contributed by atoms with E-state index < -0.39 is 5.97 Å². The lowest BCUT2D eigenvalue weighted by Crippen LogP contribution is -2.20. The molecule has 0 fully saturated rings. The van der Waals surface area contributed by atoms with Gasteiger partial charge in [0.1, 0.15) is 10.8 Å². The van der Waals surface area contributed by atoms with E-state index in [0.29, 0.717) is 28.0 Å². The molecule has 0 aliphatic heterocycles. The van der Waals surface area contributed by atoms with Crippen LogP contribution in [0.2, 0.25) is 0 Å². The van der Waals surface area contributed by atoms with E-state index in [2.05, 4.69) is 31.7 Å². The summed E-state index contributed by atoms with van der Waals surface area (Å²) in [6, 6.07) is 8.04. The Morgan fingerprint density at radius 2 is 2.07 bits per heavy atom. The number of hydrogen-bond acceptors (Lipinski definition) is 5. The van der Waals surface area contributed by atoms with Crippen molar-refractivity contribution in [2.45, 2.75) is 19.9 Å². The molecule has 1 aromatic carbocycles. The van der Waals surface area contributed by atoms with Crippen molar-refractivity contribution in [2.75, 3.05) is 17.7 Å². The molecule has 0 saturated carbocycles. The van der Waals surface area contributed by atoms with E-state index >= 15 is 0 Å². The lowest BCUT2D eigenvalue weighted by molar-refractivity contribution is 0.0602. The number of ether oxygens (including phenoxy) is 1. The van der Waals surface area contributed by atoms with Gasteiger partial charge in [-0.1, -0.05) is 19.1 Å². The molecule has 3 rings (SSSR count). The number of rotatable bonds is 6. The standard InChI is InChI=1S/C19H18BrFN4O2S2/c1-3-13-8-14(18(26)27-2)17(29-13)23-19(28)22-16-15(20)10-25(24-16)9-11-4-6-12(21)7-5-11/h4-8,10H,3,9H2,1-2H3,(H2,22,23,24,28). The summed E-state index contributed by atoms with van der Waals surface area (Å²) < 4.78 is 20.3. The molecule has 0 atom stereocenters. The van der Waals surface area contributed by atoms with Crippen molar-refractivity contribution < 1.29 is 13.9 Å². The number of nitrogens with one attached hydrogen (secondary N) is 2. The van der Waals surface area contributed by atoms with Gasteiger partial charge in [-0.05, 0) is 58.3 Å². The Hall–Kier alpha value is -2.30. The number of thiophene rings is 1. The van der Waals surface area contributed by atoms with Crippen molar-refractivity contribution in [2.24, 2.45) is 0 Å². The first-order valence-corrected chi connectivity index (χ1v) is 10.7. The van der Waals surface area contributed by atoms with Crippen LogP contribution in [0.5, 0.6) is 0 Å². The van der Waals surface area contributed by atoms with E-state index in [1.54, 1.807) is 29.1 Å². The summed E-state index contributed by atoms with van der Waals surface area (Å²) in [5.41, 5.74) is 1.36. The van der Waals surface area contributed by atoms with Gasteiger partial charge in [-0.3, -0.25) is 4.68 Å². The largest absolute Gasteiger partial charge is 0.465 e. The molecule has 6 nitrogen and oxygen atoms in total. The predicted molar refractivity (Wildman–Crippen MR) is 120 cm³/mol. The zero-order valence-corrected chi connectivity index (χ0v) is 18.9. The Kier molecular flexibility index (Phi) is 6.99. The van der Waals surface area contributed by atoms with Gasteiger partial charge in [-0.15, -0.1) is 11.3 Å². The summed E-state index contributed by atoms with van der Waals surface area (Å²) in [5.74, 6) is -0.173. The topological polar surface area (TPSA) is 68.2 Å². The van der Waals surface area contributed by atoms with Crippen LogP contribution in [0.1, 0.15) is 27.7 Å². The number of aromatic nitrogens is 2. The average molecular weight is 497 g/mol. The van der Waals surface area contributed by atoms with E-state index in [4.69, 9.17) is 17.0 Å². The number of anilines is 2. The number of aryl methyl sites for hydroxylation is 1. The SMILES string of the molecule is CCc1cc(C(=O)OC)c(NC(=S)Nc2nn(Cc3ccc(F)cc3)cc2Br)s1. The quantitative estimate of drug-likeness (QED) is 0.367. The van der Waals surface area contributed by atoms with Crippen LogP contribution in [0.4, 0.5) is 15.2 Å². The summed E-state index contributed by atoms with van der Waals surface area (Å²) in [7, 11) is 1.34. The van der Waals surface area contributed by atoms with Crippen LogP contribution in [0, 0.1) is 5.82 Å². The Morgan fingerprint density at radius 1 is 1.34 bits per heavy atom. The zero-order valence-electron chi connectivity index (χ0n) is 15.7. The van der Waals surface area contributed by atoms with Crippen molar-refractivity contribution in [1.82, 2.24) is 9.78 Å². The van der Waals surface area contributed by atoms with Gasteiger partial charge in [-0.2, -0.15) is 5.10 Å². The molecule has 10 heteroatoms. The maximum absolute atomic E-state index is 13.1. The number of hydrogen-bond donors (Lipinski definition) is 2. The third-order valence-corrected chi connectivity index (χ3v) is 5.95. The van der Waals surface area contributed by atoms with Gasteiger partial charge >= 0.3 is 5.97 Å². The van der Waals surface area contributed by atoms with Crippen LogP contribution >= 0.6 is 39.5 Å². The molecule has 3 aromatic rings. The van der Waals surface area contributed by atoms with Gasteiger partial charge in [-0.25, -0.2) is 9.18 Å². The summed E-state index contributed by atoms with van der Waals surface area (Å²) in [6.07, 6.45) is 2.60. The third-order valence-electron chi connectivity index (χ3n) is 3.97. The molecule has 29 heavy (non-hydrogen) atoms. The van der Waals surface area contributed by atoms with E-state index in [-0.39, 0.29) is 5.82 Å². The number of nitrogens with zero attached hydrogens (tertiary/aromatic N) is 2. The van der Waals surface area contributed by atoms with Gasteiger partial charge in [0.25, 0.3) is 0 Å². The molecule has 0 aliphatic carbocycles. The van der Waals surface area contributed by atoms with Crippen molar-refractivity contribution in [3.05, 3.63) is 62.8 Å². The lowest BCUT2D eigenvalue weighted by Gasteiger charge is -2.09. The normalized spacial score (nSPS) is 10.6. The van der Waals surface area contributed by atoms with Gasteiger partial charge < -0.3 is 15.4 Å². The first-order valence-electron chi connectivity index (χ1n) is 8.66. The molecular weight excluding hydrogens is 479 g/mol. The maximum atomic E-state index is 13.1. The van der Waals surface area contributed by atoms with Gasteiger partial charge in [0.05, 0.1) is 23.7 Å². The monoisotopic (exact) mass is 496 g/mol. The predicted octanol–water partition coefficient (Wildman–Crippen LogP) is 5.05. The molecule has 0 spiro atoms. The summed E-state index contributed by atoms with van der Waals surface area (Å²) in [6.45, 7) is 2.50. The van der Waals surface area contributed by atoms with Gasteiger partial charge in [0, 0.05) is 11.1 Å². The Labute approximate surface area is 185 Å². The number of benzene rings is 1. The number of carbonyl (C=O) groups is 1. The Bertz CT molecular complexity index is 1030. The van der Waals surface area contributed by atoms with Crippen molar-refractivity contribution in [3.8, 4) is 0 Å². The smallest absolute Gasteiger partial charge is 0.340 e. The minimum atomic E-state index is -0.420. The molecular formula is C19H18BrFN4O2S2. The second kappa shape index (κ2) is 9.47. The molecule has 152 valence electrons. The minimum Gasteiger partial charge on any atom is -0.465 e. The highest BCUT2D eigenvalue weighted by atomic mass is 79.9. The molecule has 0 aliphatic rings. The number of methoxy groups -OCH3 is 1. The molecule has 0 bridgehead atoms. The molecule has 0 saturated heterocycles. The maximum Gasteiger partial charge on any atom is 0.340 e. The zero-order chi connectivity index (χ0) is 21.0. The molecule has 0 unspecified atom stereocenters. The van der Waals surface area contributed by atoms with Crippen LogP contribution in [0.15, 0.2) is 41.0 Å². The van der Waals surface area contributed by atoms with E-state index in [9.17, 15) is 9.18 Å². The van der Waals surface area contributed by atoms with Gasteiger partial charge in [0.2, 0.25) is 0 Å². The average Bonchev–Trinajstić information content (AvgIpc) is 3.26. The van der Waals surface area contributed by atoms with Gasteiger partial charge in [0.15, 0.2) is 10.9 Å². The molecule has 2 heterocycles. The first kappa shape index (κ1) is 21.4. The highest BCUT2D eigenvalue weighted by Gasteiger charge is 2.18.